The molecule has 0 amide bonds. The van der Waals surface area contributed by atoms with Crippen LogP contribution in [0.4, 0.5) is 0 Å². The summed E-state index contributed by atoms with van der Waals surface area (Å²) in [6.07, 6.45) is 11.8. The van der Waals surface area contributed by atoms with Crippen LogP contribution in [0.3, 0.4) is 0 Å². The van der Waals surface area contributed by atoms with Gasteiger partial charge in [-0.05, 0) is 30.7 Å². The minimum absolute atomic E-state index is 0.434. The fourth-order valence-corrected chi connectivity index (χ4v) is 1.81. The Morgan fingerprint density at radius 3 is 2.69 bits per heavy atom. The molecule has 0 aliphatic heterocycles. The predicted octanol–water partition coefficient (Wildman–Crippen LogP) is 3.52. The number of hydrogen-bond acceptors (Lipinski definition) is 1. The molecule has 1 aliphatic rings. The number of allylic oxidation sites excluding steroid dienone is 3. The van der Waals surface area contributed by atoms with E-state index in [9.17, 15) is 0 Å². The maximum atomic E-state index is 3.33. The van der Waals surface area contributed by atoms with Gasteiger partial charge < -0.3 is 5.32 Å². The second-order valence-corrected chi connectivity index (χ2v) is 3.89. The molecule has 1 aliphatic carbocycles. The number of rotatable bonds is 3. The van der Waals surface area contributed by atoms with E-state index in [1.54, 1.807) is 0 Å². The fourth-order valence-electron chi connectivity index (χ4n) is 1.81. The smallest absolute Gasteiger partial charge is 0.0476 e. The third-order valence-corrected chi connectivity index (χ3v) is 2.68. The van der Waals surface area contributed by atoms with E-state index in [-0.39, 0.29) is 0 Å². The number of benzene rings is 1. The summed E-state index contributed by atoms with van der Waals surface area (Å²) in [6.45, 7) is 2.02. The molecular weight excluding hydrogens is 194 g/mol. The van der Waals surface area contributed by atoms with Crippen molar-refractivity contribution in [1.29, 1.82) is 0 Å². The van der Waals surface area contributed by atoms with Gasteiger partial charge in [-0.3, -0.25) is 0 Å². The van der Waals surface area contributed by atoms with Crippen molar-refractivity contribution < 1.29 is 0 Å². The molecule has 0 saturated heterocycles. The Morgan fingerprint density at radius 2 is 2.06 bits per heavy atom. The molecule has 1 unspecified atom stereocenters. The molecule has 0 fully saturated rings. The number of hydrogen-bond donors (Lipinski definition) is 1. The van der Waals surface area contributed by atoms with Crippen LogP contribution < -0.4 is 5.32 Å². The van der Waals surface area contributed by atoms with Gasteiger partial charge in [-0.15, -0.1) is 0 Å². The van der Waals surface area contributed by atoms with E-state index in [1.807, 2.05) is 25.3 Å². The van der Waals surface area contributed by atoms with Crippen molar-refractivity contribution in [2.75, 3.05) is 0 Å². The van der Waals surface area contributed by atoms with Gasteiger partial charge in [0.25, 0.3) is 0 Å². The third kappa shape index (κ3) is 2.63. The molecule has 0 aromatic heterocycles. The van der Waals surface area contributed by atoms with Gasteiger partial charge in [-0.25, -0.2) is 0 Å². The van der Waals surface area contributed by atoms with Crippen LogP contribution in [0.15, 0.2) is 60.8 Å². The Bertz CT molecular complexity index is 412. The monoisotopic (exact) mass is 211 g/mol. The lowest BCUT2D eigenvalue weighted by Crippen LogP contribution is -2.22. The van der Waals surface area contributed by atoms with Gasteiger partial charge in [-0.1, -0.05) is 54.6 Å². The summed E-state index contributed by atoms with van der Waals surface area (Å²) in [5.41, 5.74) is 2.61. The zero-order chi connectivity index (χ0) is 11.2. The highest BCUT2D eigenvalue weighted by molar-refractivity contribution is 5.75. The van der Waals surface area contributed by atoms with Crippen molar-refractivity contribution >= 4 is 5.57 Å². The second kappa shape index (κ2) is 5.36. The van der Waals surface area contributed by atoms with Crippen molar-refractivity contribution in [2.45, 2.75) is 19.4 Å². The average molecular weight is 211 g/mol. The van der Waals surface area contributed by atoms with Gasteiger partial charge in [0, 0.05) is 6.04 Å². The van der Waals surface area contributed by atoms with E-state index in [0.29, 0.717) is 6.04 Å². The lowest BCUT2D eigenvalue weighted by molar-refractivity contribution is 0.706. The molecule has 1 aromatic carbocycles. The Balaban J connectivity index is 2.02. The second-order valence-electron chi connectivity index (χ2n) is 3.89. The molecule has 1 atom stereocenters. The highest BCUT2D eigenvalue weighted by Crippen LogP contribution is 2.20. The highest BCUT2D eigenvalue weighted by Gasteiger charge is 2.07. The molecular formula is C15H17N. The maximum Gasteiger partial charge on any atom is 0.0476 e. The van der Waals surface area contributed by atoms with Crippen LogP contribution in [0.5, 0.6) is 0 Å². The van der Waals surface area contributed by atoms with Gasteiger partial charge in [-0.2, -0.15) is 0 Å². The Labute approximate surface area is 97.2 Å². The van der Waals surface area contributed by atoms with Crippen LogP contribution in [0.25, 0.3) is 5.57 Å². The first-order valence-electron chi connectivity index (χ1n) is 5.71. The molecule has 0 bridgehead atoms. The molecule has 0 heterocycles. The van der Waals surface area contributed by atoms with Crippen LogP contribution in [-0.2, 0) is 0 Å². The van der Waals surface area contributed by atoms with Gasteiger partial charge >= 0.3 is 0 Å². The maximum absolute atomic E-state index is 3.33. The molecule has 1 aromatic rings. The molecule has 16 heavy (non-hydrogen) atoms. The normalized spacial score (nSPS) is 19.8. The minimum atomic E-state index is 0.434. The molecule has 0 spiro atoms. The Morgan fingerprint density at radius 1 is 1.25 bits per heavy atom. The van der Waals surface area contributed by atoms with Crippen molar-refractivity contribution in [3.8, 4) is 0 Å². The van der Waals surface area contributed by atoms with E-state index in [0.717, 1.165) is 6.42 Å². The van der Waals surface area contributed by atoms with Crippen LogP contribution in [0, 0.1) is 0 Å². The first-order chi connectivity index (χ1) is 7.90. The van der Waals surface area contributed by atoms with Crippen LogP contribution in [0.2, 0.25) is 0 Å². The molecule has 82 valence electrons. The summed E-state index contributed by atoms with van der Waals surface area (Å²) in [5.74, 6) is 0. The first kappa shape index (κ1) is 10.7. The third-order valence-electron chi connectivity index (χ3n) is 2.68. The largest absolute Gasteiger partial charge is 0.385 e. The number of nitrogens with one attached hydrogen (secondary N) is 1. The van der Waals surface area contributed by atoms with Gasteiger partial charge in [0.05, 0.1) is 0 Å². The molecule has 0 saturated carbocycles. The molecule has 0 radical (unpaired) electrons. The molecule has 1 nitrogen and oxygen atoms in total. The topological polar surface area (TPSA) is 12.0 Å². The zero-order valence-corrected chi connectivity index (χ0v) is 9.56. The van der Waals surface area contributed by atoms with E-state index in [1.165, 1.54) is 11.1 Å². The SMILES string of the molecule is C/C=C/NC1C=CC(c2ccccc2)=CC1. The van der Waals surface area contributed by atoms with Gasteiger partial charge in [0.15, 0.2) is 0 Å². The van der Waals surface area contributed by atoms with Crippen molar-refractivity contribution in [2.24, 2.45) is 0 Å². The van der Waals surface area contributed by atoms with Crippen LogP contribution in [0.1, 0.15) is 18.9 Å². The summed E-state index contributed by atoms with van der Waals surface area (Å²) >= 11 is 0. The summed E-state index contributed by atoms with van der Waals surface area (Å²) < 4.78 is 0. The Hall–Kier alpha value is -1.76. The summed E-state index contributed by atoms with van der Waals surface area (Å²) in [5, 5.41) is 3.33. The van der Waals surface area contributed by atoms with Crippen molar-refractivity contribution in [3.05, 3.63) is 66.4 Å². The highest BCUT2D eigenvalue weighted by atomic mass is 14.9. The van der Waals surface area contributed by atoms with Crippen LogP contribution >= 0.6 is 0 Å². The van der Waals surface area contributed by atoms with E-state index >= 15 is 0 Å². The predicted molar refractivity (Wildman–Crippen MR) is 69.9 cm³/mol. The lowest BCUT2D eigenvalue weighted by atomic mass is 9.97. The summed E-state index contributed by atoms with van der Waals surface area (Å²) in [6, 6.07) is 10.9. The summed E-state index contributed by atoms with van der Waals surface area (Å²) in [7, 11) is 0. The standard InChI is InChI=1S/C15H17N/c1-2-12-16-15-10-8-14(9-11-15)13-6-4-3-5-7-13/h2-10,12,15-16H,11H2,1H3/b12-2+. The first-order valence-corrected chi connectivity index (χ1v) is 5.71. The zero-order valence-electron chi connectivity index (χ0n) is 9.56. The van der Waals surface area contributed by atoms with E-state index in [4.69, 9.17) is 0 Å². The van der Waals surface area contributed by atoms with Crippen molar-refractivity contribution in [1.82, 2.24) is 5.32 Å². The van der Waals surface area contributed by atoms with Gasteiger partial charge in [0.2, 0.25) is 0 Å². The Kier molecular flexibility index (Phi) is 3.60. The summed E-state index contributed by atoms with van der Waals surface area (Å²) in [4.78, 5) is 0. The fraction of sp³-hybridized carbons (Fsp3) is 0.200. The molecule has 1 heteroatoms. The quantitative estimate of drug-likeness (QED) is 0.806. The average Bonchev–Trinajstić information content (AvgIpc) is 2.38. The van der Waals surface area contributed by atoms with E-state index < -0.39 is 0 Å². The minimum Gasteiger partial charge on any atom is -0.385 e. The van der Waals surface area contributed by atoms with Crippen molar-refractivity contribution in [3.63, 3.8) is 0 Å². The van der Waals surface area contributed by atoms with Gasteiger partial charge in [0.1, 0.15) is 0 Å². The lowest BCUT2D eigenvalue weighted by Gasteiger charge is -2.16. The molecule has 2 rings (SSSR count). The molecule has 1 N–H and O–H groups in total. The van der Waals surface area contributed by atoms with E-state index in [2.05, 4.69) is 47.8 Å². The van der Waals surface area contributed by atoms with Crippen LogP contribution in [-0.4, -0.2) is 6.04 Å².